The summed E-state index contributed by atoms with van der Waals surface area (Å²) in [5, 5.41) is 9.34. The molecule has 2 N–H and O–H groups in total. The first-order valence-corrected chi connectivity index (χ1v) is 14.6. The number of pyridine rings is 1. The number of rotatable bonds is 12. The molecule has 0 saturated carbocycles. The van der Waals surface area contributed by atoms with Gasteiger partial charge in [0.2, 0.25) is 0 Å². The van der Waals surface area contributed by atoms with Crippen LogP contribution in [0.15, 0.2) is 65.6 Å². The van der Waals surface area contributed by atoms with E-state index in [0.717, 1.165) is 51.1 Å². The summed E-state index contributed by atoms with van der Waals surface area (Å²) in [4.78, 5) is 35.7. The number of aliphatic hydroxyl groups is 1. The number of hydrogen-bond donors (Lipinski definition) is 2. The Morgan fingerprint density at radius 2 is 1.73 bits per heavy atom. The molecule has 9 nitrogen and oxygen atoms in total. The highest BCUT2D eigenvalue weighted by atomic mass is 35.5. The number of fused-ring (bicyclic) bond motifs is 1. The molecule has 1 fully saturated rings. The van der Waals surface area contributed by atoms with Crippen LogP contribution in [0.25, 0.3) is 0 Å². The van der Waals surface area contributed by atoms with Crippen LogP contribution in [0.2, 0.25) is 5.02 Å². The number of nitrogens with zero attached hydrogens (tertiary/aromatic N) is 3. The molecule has 3 aromatic rings. The van der Waals surface area contributed by atoms with E-state index in [2.05, 4.69) is 33.0 Å². The van der Waals surface area contributed by atoms with Gasteiger partial charge in [0.05, 0.1) is 39.1 Å². The number of carbonyl (C=O) groups excluding carboxylic acids is 1. The first-order chi connectivity index (χ1) is 20.1. The lowest BCUT2D eigenvalue weighted by atomic mass is 10.0. The number of anilines is 2. The van der Waals surface area contributed by atoms with Crippen LogP contribution in [-0.2, 0) is 15.9 Å². The van der Waals surface area contributed by atoms with Crippen LogP contribution in [0.5, 0.6) is 0 Å². The second kappa shape index (κ2) is 14.1. The number of aromatic nitrogens is 1. The predicted molar refractivity (Wildman–Crippen MR) is 160 cm³/mol. The second-order valence-corrected chi connectivity index (χ2v) is 10.7. The fraction of sp³-hybridized carbons (Fsp3) is 0.419. The number of aliphatic hydroxyl groups excluding tert-OH is 1. The zero-order chi connectivity index (χ0) is 28.6. The van der Waals surface area contributed by atoms with E-state index in [0.29, 0.717) is 37.1 Å². The van der Waals surface area contributed by atoms with Crippen molar-refractivity contribution in [1.82, 2.24) is 9.88 Å². The highest BCUT2D eigenvalue weighted by Gasteiger charge is 2.35. The van der Waals surface area contributed by atoms with Crippen molar-refractivity contribution in [3.05, 3.63) is 92.9 Å². The second-order valence-electron chi connectivity index (χ2n) is 10.2. The first-order valence-electron chi connectivity index (χ1n) is 14.2. The van der Waals surface area contributed by atoms with Crippen LogP contribution < -0.4 is 15.4 Å². The molecule has 0 spiro atoms. The van der Waals surface area contributed by atoms with Gasteiger partial charge in [-0.05, 0) is 66.4 Å². The molecule has 1 atom stereocenters. The van der Waals surface area contributed by atoms with E-state index in [1.54, 1.807) is 29.2 Å². The lowest BCUT2D eigenvalue weighted by Crippen LogP contribution is -2.47. The summed E-state index contributed by atoms with van der Waals surface area (Å²) in [7, 11) is 0. The molecule has 10 heteroatoms. The van der Waals surface area contributed by atoms with E-state index in [9.17, 15) is 9.59 Å². The Kier molecular flexibility index (Phi) is 10.1. The topological polar surface area (TPSA) is 98.3 Å². The minimum absolute atomic E-state index is 0.0309. The molecule has 0 radical (unpaired) electrons. The smallest absolute Gasteiger partial charge is 0.264 e. The monoisotopic (exact) mass is 580 g/mol. The van der Waals surface area contributed by atoms with Crippen LogP contribution in [0.4, 0.5) is 11.4 Å². The molecule has 1 amide bonds. The number of benzene rings is 2. The van der Waals surface area contributed by atoms with Crippen LogP contribution in [0, 0.1) is 0 Å². The molecule has 2 aliphatic rings. The summed E-state index contributed by atoms with van der Waals surface area (Å²) in [6.45, 7) is 6.67. The molecule has 1 unspecified atom stereocenters. The van der Waals surface area contributed by atoms with Crippen molar-refractivity contribution < 1.29 is 19.4 Å². The highest BCUT2D eigenvalue weighted by molar-refractivity contribution is 6.30. The van der Waals surface area contributed by atoms with Crippen molar-refractivity contribution in [1.29, 1.82) is 0 Å². The Morgan fingerprint density at radius 1 is 0.976 bits per heavy atom. The molecule has 1 aliphatic heterocycles. The molecule has 1 aliphatic carbocycles. The quantitative estimate of drug-likeness (QED) is 0.316. The van der Waals surface area contributed by atoms with Crippen LogP contribution in [-0.4, -0.2) is 86.7 Å². The van der Waals surface area contributed by atoms with E-state index in [4.69, 9.17) is 26.2 Å². The van der Waals surface area contributed by atoms with Crippen LogP contribution >= 0.6 is 11.6 Å². The molecule has 1 aromatic heterocycles. The molecular formula is C31H37ClN4O5. The van der Waals surface area contributed by atoms with Crippen LogP contribution in [0.3, 0.4) is 0 Å². The van der Waals surface area contributed by atoms with Crippen LogP contribution in [0.1, 0.15) is 33.9 Å². The molecule has 2 aromatic carbocycles. The summed E-state index contributed by atoms with van der Waals surface area (Å²) < 4.78 is 10.9. The van der Waals surface area contributed by atoms with Crippen molar-refractivity contribution in [3.8, 4) is 0 Å². The Morgan fingerprint density at radius 3 is 2.46 bits per heavy atom. The van der Waals surface area contributed by atoms with E-state index in [1.807, 2.05) is 12.1 Å². The number of H-pyrrole nitrogens is 1. The number of carbonyl (C=O) groups is 1. The molecule has 41 heavy (non-hydrogen) atoms. The van der Waals surface area contributed by atoms with Gasteiger partial charge in [-0.15, -0.1) is 0 Å². The van der Waals surface area contributed by atoms with Gasteiger partial charge in [0.15, 0.2) is 0 Å². The Hall–Kier alpha value is -3.21. The Balaban J connectivity index is 1.29. The predicted octanol–water partition coefficient (Wildman–Crippen LogP) is 3.51. The number of hydrogen-bond acceptors (Lipinski definition) is 7. The van der Waals surface area contributed by atoms with Gasteiger partial charge < -0.3 is 29.4 Å². The number of halogens is 1. The van der Waals surface area contributed by atoms with Gasteiger partial charge in [-0.25, -0.2) is 0 Å². The van der Waals surface area contributed by atoms with Crippen molar-refractivity contribution in [3.63, 3.8) is 0 Å². The Labute approximate surface area is 245 Å². The van der Waals surface area contributed by atoms with Crippen molar-refractivity contribution in [2.75, 3.05) is 75.6 Å². The van der Waals surface area contributed by atoms with Gasteiger partial charge in [-0.3, -0.25) is 14.5 Å². The SMILES string of the molecule is O=C(c1ccc[nH]c1=O)N(c1ccc(Cl)cc1)C1CCc2c1cccc2N1CCN(CCOCCOCCO)CC1. The zero-order valence-corrected chi connectivity index (χ0v) is 23.9. The van der Waals surface area contributed by atoms with Crippen molar-refractivity contribution in [2.45, 2.75) is 18.9 Å². The first kappa shape index (κ1) is 29.3. The maximum atomic E-state index is 13.9. The number of nitrogens with one attached hydrogen (secondary N) is 1. The summed E-state index contributed by atoms with van der Waals surface area (Å²) in [6, 6.07) is 16.6. The summed E-state index contributed by atoms with van der Waals surface area (Å²) in [5.74, 6) is -0.326. The number of aromatic amines is 1. The average molecular weight is 581 g/mol. The largest absolute Gasteiger partial charge is 0.394 e. The average Bonchev–Trinajstić information content (AvgIpc) is 3.42. The minimum Gasteiger partial charge on any atom is -0.394 e. The number of piperazine rings is 1. The molecule has 2 heterocycles. The van der Waals surface area contributed by atoms with Gasteiger partial charge in [-0.1, -0.05) is 23.7 Å². The lowest BCUT2D eigenvalue weighted by molar-refractivity contribution is 0.0261. The lowest BCUT2D eigenvalue weighted by Gasteiger charge is -2.37. The van der Waals surface area contributed by atoms with Crippen molar-refractivity contribution in [2.24, 2.45) is 0 Å². The highest BCUT2D eigenvalue weighted by Crippen LogP contribution is 2.43. The molecule has 0 bridgehead atoms. The molecule has 218 valence electrons. The van der Waals surface area contributed by atoms with E-state index in [1.165, 1.54) is 17.4 Å². The maximum absolute atomic E-state index is 13.9. The Bertz CT molecular complexity index is 1360. The zero-order valence-electron chi connectivity index (χ0n) is 23.1. The minimum atomic E-state index is -0.401. The third-order valence-corrected chi connectivity index (χ3v) is 8.02. The number of ether oxygens (including phenoxy) is 2. The fourth-order valence-electron chi connectivity index (χ4n) is 5.73. The van der Waals surface area contributed by atoms with Gasteiger partial charge in [0.25, 0.3) is 11.5 Å². The van der Waals surface area contributed by atoms with Crippen molar-refractivity contribution >= 4 is 28.9 Å². The molecule has 5 rings (SSSR count). The maximum Gasteiger partial charge on any atom is 0.264 e. The molecule has 1 saturated heterocycles. The third-order valence-electron chi connectivity index (χ3n) is 7.77. The fourth-order valence-corrected chi connectivity index (χ4v) is 5.86. The van der Waals surface area contributed by atoms with Gasteiger partial charge in [0, 0.05) is 55.3 Å². The summed E-state index contributed by atoms with van der Waals surface area (Å²) in [5.41, 5.74) is 4.04. The number of amides is 1. The summed E-state index contributed by atoms with van der Waals surface area (Å²) >= 11 is 6.17. The standard InChI is InChI=1S/C31H37ClN4O5/c32-23-6-8-24(9-7-23)36(31(39)27-4-2-12-33-30(27)38)29-11-10-26-25(29)3-1-5-28(26)35-15-13-34(14-16-35)17-19-40-21-22-41-20-18-37/h1-9,12,29,37H,10-11,13-22H2,(H,33,38). The van der Waals surface area contributed by atoms with E-state index < -0.39 is 5.56 Å². The van der Waals surface area contributed by atoms with E-state index >= 15 is 0 Å². The van der Waals surface area contributed by atoms with E-state index in [-0.39, 0.29) is 24.1 Å². The van der Waals surface area contributed by atoms with Gasteiger partial charge in [-0.2, -0.15) is 0 Å². The third kappa shape index (κ3) is 6.99. The van der Waals surface area contributed by atoms with Gasteiger partial charge >= 0.3 is 0 Å². The normalized spacial score (nSPS) is 17.0. The molecular weight excluding hydrogens is 544 g/mol. The van der Waals surface area contributed by atoms with Gasteiger partial charge in [0.1, 0.15) is 5.56 Å². The summed E-state index contributed by atoms with van der Waals surface area (Å²) in [6.07, 6.45) is 3.15.